The van der Waals surface area contributed by atoms with E-state index in [9.17, 15) is 17.6 Å². The predicted molar refractivity (Wildman–Crippen MR) is 122 cm³/mol. The highest BCUT2D eigenvalue weighted by Crippen LogP contribution is 2.27. The van der Waals surface area contributed by atoms with Crippen molar-refractivity contribution in [3.63, 3.8) is 0 Å². The molecule has 0 saturated carbocycles. The highest BCUT2D eigenvalue weighted by molar-refractivity contribution is 7.89. The number of para-hydroxylation sites is 1. The van der Waals surface area contributed by atoms with Crippen LogP contribution in [-0.4, -0.2) is 29.3 Å². The fraction of sp³-hybridized carbons (Fsp3) is 0.130. The number of fused-ring (bicyclic) bond motifs is 1. The Morgan fingerprint density at radius 2 is 1.62 bits per heavy atom. The molecule has 0 aliphatic rings. The number of rotatable bonds is 5. The van der Waals surface area contributed by atoms with Crippen LogP contribution in [0.1, 0.15) is 18.8 Å². The van der Waals surface area contributed by atoms with Crippen molar-refractivity contribution in [3.05, 3.63) is 99.8 Å². The number of halogens is 2. The molecular formula is C23H19ClFN3O3S. The van der Waals surface area contributed by atoms with E-state index in [-0.39, 0.29) is 16.3 Å². The molecule has 1 heterocycles. The molecule has 6 nitrogen and oxygen atoms in total. The first-order valence-corrected chi connectivity index (χ1v) is 11.5. The summed E-state index contributed by atoms with van der Waals surface area (Å²) in [5, 5.41) is 0.906. The Morgan fingerprint density at radius 3 is 2.28 bits per heavy atom. The van der Waals surface area contributed by atoms with Crippen molar-refractivity contribution in [2.24, 2.45) is 0 Å². The van der Waals surface area contributed by atoms with Gasteiger partial charge < -0.3 is 0 Å². The lowest BCUT2D eigenvalue weighted by Gasteiger charge is -2.26. The zero-order valence-corrected chi connectivity index (χ0v) is 18.8. The van der Waals surface area contributed by atoms with E-state index < -0.39 is 21.9 Å². The van der Waals surface area contributed by atoms with Crippen LogP contribution in [0.3, 0.4) is 0 Å². The molecule has 0 radical (unpaired) electrons. The minimum absolute atomic E-state index is 0.0607. The maximum Gasteiger partial charge on any atom is 0.266 e. The van der Waals surface area contributed by atoms with Gasteiger partial charge in [0.2, 0.25) is 10.0 Å². The number of hydrogen-bond acceptors (Lipinski definition) is 4. The Balaban J connectivity index is 1.90. The van der Waals surface area contributed by atoms with Crippen LogP contribution in [0.5, 0.6) is 0 Å². The summed E-state index contributed by atoms with van der Waals surface area (Å²) in [5.74, 6) is -0.295. The van der Waals surface area contributed by atoms with Crippen LogP contribution in [0.15, 0.2) is 82.5 Å². The molecule has 0 aliphatic heterocycles. The van der Waals surface area contributed by atoms with E-state index in [0.717, 1.165) is 16.4 Å². The Kier molecular flexibility index (Phi) is 5.85. The van der Waals surface area contributed by atoms with Crippen molar-refractivity contribution >= 4 is 32.5 Å². The average molecular weight is 472 g/mol. The van der Waals surface area contributed by atoms with Gasteiger partial charge in [0, 0.05) is 12.1 Å². The first kappa shape index (κ1) is 22.1. The molecule has 0 spiro atoms. The van der Waals surface area contributed by atoms with Crippen LogP contribution in [0.2, 0.25) is 5.02 Å². The van der Waals surface area contributed by atoms with Gasteiger partial charge in [-0.3, -0.25) is 9.36 Å². The summed E-state index contributed by atoms with van der Waals surface area (Å²) in [6.45, 7) is 1.64. The maximum atomic E-state index is 13.4. The van der Waals surface area contributed by atoms with Gasteiger partial charge in [0.25, 0.3) is 5.56 Å². The molecule has 9 heteroatoms. The van der Waals surface area contributed by atoms with Gasteiger partial charge in [-0.05, 0) is 67.6 Å². The topological polar surface area (TPSA) is 72.3 Å². The molecule has 0 bridgehead atoms. The Labute approximate surface area is 189 Å². The van der Waals surface area contributed by atoms with Crippen molar-refractivity contribution in [2.75, 3.05) is 7.05 Å². The van der Waals surface area contributed by atoms with E-state index in [0.29, 0.717) is 21.6 Å². The van der Waals surface area contributed by atoms with Crippen molar-refractivity contribution in [2.45, 2.75) is 17.9 Å². The molecule has 1 aromatic heterocycles. The molecule has 0 aliphatic carbocycles. The SMILES string of the molecule is CC(c1nc2ccccc2c(=O)n1-c1ccc(Cl)cc1)N(C)S(=O)(=O)c1ccc(F)cc1. The normalized spacial score (nSPS) is 12.9. The second-order valence-corrected chi connectivity index (χ2v) is 9.69. The van der Waals surface area contributed by atoms with Gasteiger partial charge in [0.1, 0.15) is 11.6 Å². The minimum atomic E-state index is -3.98. The molecule has 32 heavy (non-hydrogen) atoms. The van der Waals surface area contributed by atoms with Crippen LogP contribution in [0, 0.1) is 5.82 Å². The van der Waals surface area contributed by atoms with Gasteiger partial charge in [-0.1, -0.05) is 23.7 Å². The fourth-order valence-electron chi connectivity index (χ4n) is 3.41. The van der Waals surface area contributed by atoms with E-state index in [1.54, 1.807) is 55.5 Å². The lowest BCUT2D eigenvalue weighted by atomic mass is 10.2. The lowest BCUT2D eigenvalue weighted by Crippen LogP contribution is -2.34. The lowest BCUT2D eigenvalue weighted by molar-refractivity contribution is 0.379. The third-order valence-corrected chi connectivity index (χ3v) is 7.49. The number of nitrogens with zero attached hydrogens (tertiary/aromatic N) is 3. The predicted octanol–water partition coefficient (Wildman–Crippen LogP) is 4.56. The van der Waals surface area contributed by atoms with Crippen molar-refractivity contribution in [1.82, 2.24) is 13.9 Å². The number of hydrogen-bond donors (Lipinski definition) is 0. The summed E-state index contributed by atoms with van der Waals surface area (Å²) >= 11 is 6.01. The summed E-state index contributed by atoms with van der Waals surface area (Å²) in [7, 11) is -2.59. The van der Waals surface area contributed by atoms with Crippen LogP contribution in [0.4, 0.5) is 4.39 Å². The molecule has 0 N–H and O–H groups in total. The van der Waals surface area contributed by atoms with E-state index in [2.05, 4.69) is 4.98 Å². The molecule has 4 aromatic rings. The van der Waals surface area contributed by atoms with Crippen molar-refractivity contribution in [3.8, 4) is 5.69 Å². The summed E-state index contributed by atoms with van der Waals surface area (Å²) in [6, 6.07) is 17.3. The fourth-order valence-corrected chi connectivity index (χ4v) is 4.86. The van der Waals surface area contributed by atoms with Crippen LogP contribution >= 0.6 is 11.6 Å². The standard InChI is InChI=1S/C23H19ClFN3O3S/c1-15(27(2)32(30,31)19-13-9-17(25)10-14-19)22-26-21-6-4-3-5-20(21)23(29)28(22)18-11-7-16(24)8-12-18/h3-15H,1-2H3. The quantitative estimate of drug-likeness (QED) is 0.427. The van der Waals surface area contributed by atoms with Gasteiger partial charge in [0.15, 0.2) is 0 Å². The zero-order chi connectivity index (χ0) is 23.0. The average Bonchev–Trinajstić information content (AvgIpc) is 2.79. The molecule has 1 atom stereocenters. The van der Waals surface area contributed by atoms with Gasteiger partial charge in [-0.25, -0.2) is 17.8 Å². The highest BCUT2D eigenvalue weighted by Gasteiger charge is 2.30. The van der Waals surface area contributed by atoms with Gasteiger partial charge in [0.05, 0.1) is 27.5 Å². The van der Waals surface area contributed by atoms with E-state index in [4.69, 9.17) is 11.6 Å². The van der Waals surface area contributed by atoms with E-state index in [1.807, 2.05) is 0 Å². The largest absolute Gasteiger partial charge is 0.268 e. The molecule has 3 aromatic carbocycles. The zero-order valence-electron chi connectivity index (χ0n) is 17.2. The van der Waals surface area contributed by atoms with E-state index >= 15 is 0 Å². The molecular weight excluding hydrogens is 453 g/mol. The number of benzene rings is 3. The van der Waals surface area contributed by atoms with Crippen molar-refractivity contribution < 1.29 is 12.8 Å². The van der Waals surface area contributed by atoms with Crippen LogP contribution < -0.4 is 5.56 Å². The number of sulfonamides is 1. The first-order chi connectivity index (χ1) is 15.2. The smallest absolute Gasteiger partial charge is 0.266 e. The Bertz CT molecular complexity index is 1450. The monoisotopic (exact) mass is 471 g/mol. The Hall–Kier alpha value is -3.07. The molecule has 0 amide bonds. The molecule has 0 saturated heterocycles. The summed E-state index contributed by atoms with van der Waals surface area (Å²) in [5.41, 5.74) is 0.636. The maximum absolute atomic E-state index is 13.4. The summed E-state index contributed by atoms with van der Waals surface area (Å²) < 4.78 is 42.1. The first-order valence-electron chi connectivity index (χ1n) is 9.71. The van der Waals surface area contributed by atoms with Crippen LogP contribution in [-0.2, 0) is 10.0 Å². The molecule has 0 fully saturated rings. The third kappa shape index (κ3) is 3.92. The second-order valence-electron chi connectivity index (χ2n) is 7.26. The third-order valence-electron chi connectivity index (χ3n) is 5.30. The molecule has 164 valence electrons. The van der Waals surface area contributed by atoms with Crippen LogP contribution in [0.25, 0.3) is 16.6 Å². The van der Waals surface area contributed by atoms with Crippen molar-refractivity contribution in [1.29, 1.82) is 0 Å². The second kappa shape index (κ2) is 8.46. The molecule has 1 unspecified atom stereocenters. The Morgan fingerprint density at radius 1 is 1.00 bits per heavy atom. The van der Waals surface area contributed by atoms with Gasteiger partial charge >= 0.3 is 0 Å². The summed E-state index contributed by atoms with van der Waals surface area (Å²) in [6.07, 6.45) is 0. The summed E-state index contributed by atoms with van der Waals surface area (Å²) in [4.78, 5) is 18.0. The van der Waals surface area contributed by atoms with E-state index in [1.165, 1.54) is 23.7 Å². The minimum Gasteiger partial charge on any atom is -0.268 e. The van der Waals surface area contributed by atoms with Gasteiger partial charge in [-0.2, -0.15) is 4.31 Å². The number of aromatic nitrogens is 2. The molecule has 4 rings (SSSR count). The highest BCUT2D eigenvalue weighted by atomic mass is 35.5. The van der Waals surface area contributed by atoms with Gasteiger partial charge in [-0.15, -0.1) is 0 Å².